The van der Waals surface area contributed by atoms with Gasteiger partial charge in [0, 0.05) is 22.3 Å². The van der Waals surface area contributed by atoms with E-state index in [1.165, 1.54) is 18.3 Å². The van der Waals surface area contributed by atoms with Crippen LogP contribution in [0.15, 0.2) is 84.1 Å². The Bertz CT molecular complexity index is 1390. The molecule has 0 aliphatic carbocycles. The van der Waals surface area contributed by atoms with Crippen LogP contribution in [0.1, 0.15) is 5.56 Å². The number of anilines is 1. The van der Waals surface area contributed by atoms with E-state index >= 15 is 0 Å². The lowest BCUT2D eigenvalue weighted by Crippen LogP contribution is -2.32. The molecule has 1 aromatic heterocycles. The zero-order valence-electron chi connectivity index (χ0n) is 18.4. The maximum Gasteiger partial charge on any atom is 0.329 e. The SMILES string of the molecule is COc1ccc(-c2nn(-c3ccccc3)cc2/C=N\NC(=O)C(=O)Nc2cc(Cl)ccc2Cl)cc1. The van der Waals surface area contributed by atoms with Crippen molar-refractivity contribution in [1.82, 2.24) is 15.2 Å². The van der Waals surface area contributed by atoms with Gasteiger partial charge in [-0.2, -0.15) is 10.2 Å². The summed E-state index contributed by atoms with van der Waals surface area (Å²) in [5.41, 5.74) is 5.36. The first kappa shape index (κ1) is 24.0. The van der Waals surface area contributed by atoms with Crippen LogP contribution in [0.4, 0.5) is 5.69 Å². The third kappa shape index (κ3) is 5.87. The van der Waals surface area contributed by atoms with Crippen molar-refractivity contribution in [2.45, 2.75) is 0 Å². The Morgan fingerprint density at radius 3 is 2.46 bits per heavy atom. The fourth-order valence-electron chi connectivity index (χ4n) is 3.15. The molecule has 2 amide bonds. The first-order valence-electron chi connectivity index (χ1n) is 10.3. The quantitative estimate of drug-likeness (QED) is 0.219. The summed E-state index contributed by atoms with van der Waals surface area (Å²) in [6.45, 7) is 0. The van der Waals surface area contributed by atoms with Crippen LogP contribution in [-0.4, -0.2) is 34.9 Å². The molecule has 4 aromatic rings. The molecule has 0 saturated carbocycles. The number of nitrogens with zero attached hydrogens (tertiary/aromatic N) is 3. The van der Waals surface area contributed by atoms with Crippen LogP contribution in [0, 0.1) is 0 Å². The van der Waals surface area contributed by atoms with Gasteiger partial charge in [-0.3, -0.25) is 9.59 Å². The summed E-state index contributed by atoms with van der Waals surface area (Å²) in [4.78, 5) is 24.5. The van der Waals surface area contributed by atoms with Crippen molar-refractivity contribution in [2.75, 3.05) is 12.4 Å². The van der Waals surface area contributed by atoms with Gasteiger partial charge in [0.05, 0.1) is 29.7 Å². The van der Waals surface area contributed by atoms with Crippen molar-refractivity contribution in [2.24, 2.45) is 5.10 Å². The number of methoxy groups -OCH3 is 1. The van der Waals surface area contributed by atoms with Crippen LogP contribution < -0.4 is 15.5 Å². The molecular weight excluding hydrogens is 489 g/mol. The van der Waals surface area contributed by atoms with Crippen LogP contribution in [0.2, 0.25) is 10.0 Å². The van der Waals surface area contributed by atoms with Crippen molar-refractivity contribution >= 4 is 46.9 Å². The van der Waals surface area contributed by atoms with E-state index < -0.39 is 11.8 Å². The molecule has 0 saturated heterocycles. The number of halogens is 2. The first-order valence-corrected chi connectivity index (χ1v) is 11.1. The van der Waals surface area contributed by atoms with Crippen LogP contribution in [0.5, 0.6) is 5.75 Å². The topological polar surface area (TPSA) is 97.6 Å². The molecule has 3 aromatic carbocycles. The Morgan fingerprint density at radius 2 is 1.74 bits per heavy atom. The van der Waals surface area contributed by atoms with Gasteiger partial charge in [-0.1, -0.05) is 41.4 Å². The third-order valence-electron chi connectivity index (χ3n) is 4.88. The molecule has 0 atom stereocenters. The maximum atomic E-state index is 12.2. The molecule has 0 fully saturated rings. The van der Waals surface area contributed by atoms with Gasteiger partial charge < -0.3 is 10.1 Å². The lowest BCUT2D eigenvalue weighted by Gasteiger charge is -2.06. The minimum atomic E-state index is -0.973. The van der Waals surface area contributed by atoms with E-state index in [-0.39, 0.29) is 10.7 Å². The summed E-state index contributed by atoms with van der Waals surface area (Å²) < 4.78 is 6.93. The van der Waals surface area contributed by atoms with E-state index in [1.54, 1.807) is 24.1 Å². The fraction of sp³-hybridized carbons (Fsp3) is 0.0400. The van der Waals surface area contributed by atoms with E-state index in [9.17, 15) is 9.59 Å². The zero-order valence-corrected chi connectivity index (χ0v) is 19.9. The van der Waals surface area contributed by atoms with Crippen LogP contribution >= 0.6 is 23.2 Å². The molecule has 2 N–H and O–H groups in total. The van der Waals surface area contributed by atoms with E-state index in [4.69, 9.17) is 27.9 Å². The van der Waals surface area contributed by atoms with E-state index in [0.29, 0.717) is 22.0 Å². The molecule has 8 nitrogen and oxygen atoms in total. The lowest BCUT2D eigenvalue weighted by atomic mass is 10.1. The lowest BCUT2D eigenvalue weighted by molar-refractivity contribution is -0.136. The highest BCUT2D eigenvalue weighted by Crippen LogP contribution is 2.26. The molecular formula is C25H19Cl2N5O3. The molecule has 0 spiro atoms. The molecule has 0 aliphatic heterocycles. The second-order valence-corrected chi connectivity index (χ2v) is 8.06. The highest BCUT2D eigenvalue weighted by atomic mass is 35.5. The number of nitrogens with one attached hydrogen (secondary N) is 2. The van der Waals surface area contributed by atoms with Gasteiger partial charge in [-0.05, 0) is 54.6 Å². The van der Waals surface area contributed by atoms with Gasteiger partial charge in [0.15, 0.2) is 0 Å². The second kappa shape index (κ2) is 10.9. The average molecular weight is 508 g/mol. The number of amides is 2. The van der Waals surface area contributed by atoms with Crippen molar-refractivity contribution < 1.29 is 14.3 Å². The van der Waals surface area contributed by atoms with Crippen LogP contribution in [0.25, 0.3) is 16.9 Å². The predicted molar refractivity (Wildman–Crippen MR) is 136 cm³/mol. The minimum Gasteiger partial charge on any atom is -0.497 e. The minimum absolute atomic E-state index is 0.217. The molecule has 10 heteroatoms. The van der Waals surface area contributed by atoms with Crippen molar-refractivity contribution in [3.05, 3.63) is 94.6 Å². The number of hydrogen-bond donors (Lipinski definition) is 2. The molecule has 0 aliphatic rings. The number of hydrazone groups is 1. The number of hydrogen-bond acceptors (Lipinski definition) is 5. The highest BCUT2D eigenvalue weighted by Gasteiger charge is 2.16. The van der Waals surface area contributed by atoms with Gasteiger partial charge in [-0.15, -0.1) is 0 Å². The van der Waals surface area contributed by atoms with Gasteiger partial charge in [0.2, 0.25) is 0 Å². The van der Waals surface area contributed by atoms with Gasteiger partial charge >= 0.3 is 11.8 Å². The molecule has 0 radical (unpaired) electrons. The number of para-hydroxylation sites is 1. The van der Waals surface area contributed by atoms with Gasteiger partial charge in [0.25, 0.3) is 0 Å². The molecule has 0 unspecified atom stereocenters. The van der Waals surface area contributed by atoms with Crippen LogP contribution in [0.3, 0.4) is 0 Å². The monoisotopic (exact) mass is 507 g/mol. The van der Waals surface area contributed by atoms with Gasteiger partial charge in [0.1, 0.15) is 11.4 Å². The van der Waals surface area contributed by atoms with Gasteiger partial charge in [-0.25, -0.2) is 10.1 Å². The van der Waals surface area contributed by atoms with E-state index in [2.05, 4.69) is 20.9 Å². The Labute approximate surface area is 211 Å². The van der Waals surface area contributed by atoms with E-state index in [1.807, 2.05) is 54.6 Å². The van der Waals surface area contributed by atoms with Crippen molar-refractivity contribution in [3.8, 4) is 22.7 Å². The number of rotatable bonds is 6. The smallest absolute Gasteiger partial charge is 0.329 e. The number of carbonyl (C=O) groups is 2. The van der Waals surface area contributed by atoms with E-state index in [0.717, 1.165) is 11.3 Å². The highest BCUT2D eigenvalue weighted by molar-refractivity contribution is 6.42. The molecule has 1 heterocycles. The summed E-state index contributed by atoms with van der Waals surface area (Å²) >= 11 is 11.9. The van der Waals surface area contributed by atoms with Crippen LogP contribution in [-0.2, 0) is 9.59 Å². The Balaban J connectivity index is 1.54. The fourth-order valence-corrected chi connectivity index (χ4v) is 3.49. The number of ether oxygens (including phenoxy) is 1. The first-order chi connectivity index (χ1) is 16.9. The molecule has 176 valence electrons. The summed E-state index contributed by atoms with van der Waals surface area (Å²) in [6, 6.07) is 21.5. The summed E-state index contributed by atoms with van der Waals surface area (Å²) in [5.74, 6) is -1.20. The molecule has 0 bridgehead atoms. The van der Waals surface area contributed by atoms with Crippen molar-refractivity contribution in [1.29, 1.82) is 0 Å². The largest absolute Gasteiger partial charge is 0.497 e. The molecule has 4 rings (SSSR count). The number of aromatic nitrogens is 2. The van der Waals surface area contributed by atoms with Crippen molar-refractivity contribution in [3.63, 3.8) is 0 Å². The summed E-state index contributed by atoms with van der Waals surface area (Å²) in [7, 11) is 1.59. The Morgan fingerprint density at radius 1 is 1.00 bits per heavy atom. The normalized spacial score (nSPS) is 10.8. The number of carbonyl (C=O) groups excluding carboxylic acids is 2. The third-order valence-corrected chi connectivity index (χ3v) is 5.44. The number of benzene rings is 3. The second-order valence-electron chi connectivity index (χ2n) is 7.22. The summed E-state index contributed by atoms with van der Waals surface area (Å²) in [6.07, 6.45) is 3.19. The maximum absolute atomic E-state index is 12.2. The Kier molecular flexibility index (Phi) is 7.45. The zero-order chi connectivity index (χ0) is 24.8. The Hall–Kier alpha value is -4.14. The summed E-state index contributed by atoms with van der Waals surface area (Å²) in [5, 5.41) is 11.6. The average Bonchev–Trinajstić information content (AvgIpc) is 3.31. The predicted octanol–water partition coefficient (Wildman–Crippen LogP) is 4.94. The molecule has 35 heavy (non-hydrogen) atoms. The standard InChI is InChI=1S/C25H19Cl2N5O3/c1-35-20-10-7-16(8-11-20)23-17(15-32(31-23)19-5-3-2-4-6-19)14-28-30-25(34)24(33)29-22-13-18(26)9-12-21(22)27/h2-15H,1H3,(H,29,33)(H,30,34)/b28-14-.